The van der Waals surface area contributed by atoms with Crippen molar-refractivity contribution in [1.29, 1.82) is 0 Å². The lowest BCUT2D eigenvalue weighted by molar-refractivity contribution is -0.164. The molecule has 0 aromatic heterocycles. The van der Waals surface area contributed by atoms with E-state index in [-0.39, 0.29) is 11.9 Å². The summed E-state index contributed by atoms with van der Waals surface area (Å²) in [6, 6.07) is 17.0. The second kappa shape index (κ2) is 8.03. The van der Waals surface area contributed by atoms with Crippen molar-refractivity contribution >= 4 is 5.91 Å². The first-order chi connectivity index (χ1) is 12.3. The highest BCUT2D eigenvalue weighted by Gasteiger charge is 2.50. The SMILES string of the molecule is COCCCN1C(=O)[C@H](Oc2ccccc2)[C@@H]1c1ccccc1OC. The molecule has 1 amide bonds. The fourth-order valence-corrected chi connectivity index (χ4v) is 3.15. The molecule has 0 saturated carbocycles. The fourth-order valence-electron chi connectivity index (χ4n) is 3.15. The average molecular weight is 341 g/mol. The number of para-hydroxylation sites is 2. The normalized spacial score (nSPS) is 19.4. The van der Waals surface area contributed by atoms with Gasteiger partial charge in [0.2, 0.25) is 6.10 Å². The molecule has 2 aromatic rings. The van der Waals surface area contributed by atoms with Gasteiger partial charge in [0.15, 0.2) is 0 Å². The molecule has 0 spiro atoms. The average Bonchev–Trinajstić information content (AvgIpc) is 2.67. The maximum atomic E-state index is 12.7. The molecule has 0 aliphatic carbocycles. The van der Waals surface area contributed by atoms with Crippen LogP contribution < -0.4 is 9.47 Å². The van der Waals surface area contributed by atoms with Crippen molar-refractivity contribution in [2.24, 2.45) is 0 Å². The van der Waals surface area contributed by atoms with Crippen LogP contribution in [0.2, 0.25) is 0 Å². The summed E-state index contributed by atoms with van der Waals surface area (Å²) in [7, 11) is 3.30. The van der Waals surface area contributed by atoms with Gasteiger partial charge in [0.25, 0.3) is 5.91 Å². The van der Waals surface area contributed by atoms with Crippen LogP contribution in [0, 0.1) is 0 Å². The Labute approximate surface area is 148 Å². The zero-order chi connectivity index (χ0) is 17.6. The van der Waals surface area contributed by atoms with Crippen LogP contribution in [0.1, 0.15) is 18.0 Å². The van der Waals surface area contributed by atoms with Gasteiger partial charge in [-0.3, -0.25) is 4.79 Å². The molecule has 5 heteroatoms. The predicted octanol–water partition coefficient (Wildman–Crippen LogP) is 3.06. The van der Waals surface area contributed by atoms with Crippen LogP contribution in [0.4, 0.5) is 0 Å². The second-order valence-corrected chi connectivity index (χ2v) is 5.92. The Morgan fingerprint density at radius 1 is 1.00 bits per heavy atom. The van der Waals surface area contributed by atoms with E-state index in [9.17, 15) is 4.79 Å². The third-order valence-electron chi connectivity index (χ3n) is 4.36. The molecule has 0 radical (unpaired) electrons. The first-order valence-corrected chi connectivity index (χ1v) is 8.40. The van der Waals surface area contributed by atoms with E-state index in [1.165, 1.54) is 0 Å². The number of likely N-dealkylation sites (tertiary alicyclic amines) is 1. The van der Waals surface area contributed by atoms with E-state index in [0.29, 0.717) is 18.9 Å². The zero-order valence-corrected chi connectivity index (χ0v) is 14.6. The molecule has 1 aliphatic heterocycles. The van der Waals surface area contributed by atoms with Gasteiger partial charge in [-0.1, -0.05) is 36.4 Å². The summed E-state index contributed by atoms with van der Waals surface area (Å²) in [4.78, 5) is 14.5. The third-order valence-corrected chi connectivity index (χ3v) is 4.36. The molecule has 3 rings (SSSR count). The third kappa shape index (κ3) is 3.61. The van der Waals surface area contributed by atoms with Crippen molar-refractivity contribution in [2.75, 3.05) is 27.4 Å². The Hall–Kier alpha value is -2.53. The summed E-state index contributed by atoms with van der Waals surface area (Å²) in [6.07, 6.45) is 0.243. The van der Waals surface area contributed by atoms with Crippen molar-refractivity contribution in [3.63, 3.8) is 0 Å². The molecule has 2 atom stereocenters. The molecular weight excluding hydrogens is 318 g/mol. The number of ether oxygens (including phenoxy) is 3. The molecule has 2 aromatic carbocycles. The molecule has 5 nitrogen and oxygen atoms in total. The summed E-state index contributed by atoms with van der Waals surface area (Å²) in [6.45, 7) is 1.25. The van der Waals surface area contributed by atoms with Crippen molar-refractivity contribution in [2.45, 2.75) is 18.6 Å². The zero-order valence-electron chi connectivity index (χ0n) is 14.6. The first kappa shape index (κ1) is 17.3. The number of carbonyl (C=O) groups is 1. The molecule has 1 fully saturated rings. The number of hydrogen-bond acceptors (Lipinski definition) is 4. The summed E-state index contributed by atoms with van der Waals surface area (Å²) in [5.41, 5.74) is 0.961. The summed E-state index contributed by atoms with van der Waals surface area (Å²) in [5, 5.41) is 0. The number of nitrogens with zero attached hydrogens (tertiary/aromatic N) is 1. The van der Waals surface area contributed by atoms with E-state index in [4.69, 9.17) is 14.2 Å². The number of benzene rings is 2. The highest BCUT2D eigenvalue weighted by molar-refractivity contribution is 5.89. The predicted molar refractivity (Wildman–Crippen MR) is 94.8 cm³/mol. The van der Waals surface area contributed by atoms with Crippen LogP contribution in [0.15, 0.2) is 54.6 Å². The first-order valence-electron chi connectivity index (χ1n) is 8.40. The Kier molecular flexibility index (Phi) is 5.56. The minimum Gasteiger partial charge on any atom is -0.496 e. The van der Waals surface area contributed by atoms with Crippen LogP contribution >= 0.6 is 0 Å². The molecule has 1 saturated heterocycles. The maximum Gasteiger partial charge on any atom is 0.266 e. The van der Waals surface area contributed by atoms with Gasteiger partial charge in [-0.2, -0.15) is 0 Å². The van der Waals surface area contributed by atoms with Crippen LogP contribution in [0.3, 0.4) is 0 Å². The van der Waals surface area contributed by atoms with Gasteiger partial charge in [0.1, 0.15) is 17.5 Å². The fraction of sp³-hybridized carbons (Fsp3) is 0.350. The summed E-state index contributed by atoms with van der Waals surface area (Å²) in [5.74, 6) is 1.45. The Morgan fingerprint density at radius 2 is 1.72 bits per heavy atom. The van der Waals surface area contributed by atoms with Gasteiger partial charge in [0, 0.05) is 25.8 Å². The second-order valence-electron chi connectivity index (χ2n) is 5.92. The Morgan fingerprint density at radius 3 is 2.44 bits per heavy atom. The van der Waals surface area contributed by atoms with Crippen molar-refractivity contribution in [1.82, 2.24) is 4.90 Å². The van der Waals surface area contributed by atoms with Crippen molar-refractivity contribution in [3.8, 4) is 11.5 Å². The standard InChI is InChI=1S/C20H23NO4/c1-23-14-8-13-21-18(16-11-6-7-12-17(16)24-2)19(20(21)22)25-15-9-4-3-5-10-15/h3-7,9-12,18-19H,8,13-14H2,1-2H3/t18-,19+/m0/s1. The molecule has 132 valence electrons. The van der Waals surface area contributed by atoms with Crippen LogP contribution in [0.25, 0.3) is 0 Å². The Balaban J connectivity index is 1.84. The molecule has 25 heavy (non-hydrogen) atoms. The molecule has 1 aliphatic rings. The van der Waals surface area contributed by atoms with Gasteiger partial charge in [-0.05, 0) is 24.6 Å². The lowest BCUT2D eigenvalue weighted by Gasteiger charge is -2.47. The van der Waals surface area contributed by atoms with Gasteiger partial charge in [-0.25, -0.2) is 0 Å². The number of amides is 1. The largest absolute Gasteiger partial charge is 0.496 e. The highest BCUT2D eigenvalue weighted by Crippen LogP contribution is 2.41. The van der Waals surface area contributed by atoms with E-state index in [0.717, 1.165) is 17.7 Å². The van der Waals surface area contributed by atoms with Crippen molar-refractivity contribution in [3.05, 3.63) is 60.2 Å². The highest BCUT2D eigenvalue weighted by atomic mass is 16.5. The lowest BCUT2D eigenvalue weighted by atomic mass is 9.89. The minimum absolute atomic E-state index is 0.00383. The molecule has 0 N–H and O–H groups in total. The van der Waals surface area contributed by atoms with E-state index in [2.05, 4.69) is 0 Å². The van der Waals surface area contributed by atoms with Crippen LogP contribution in [0.5, 0.6) is 11.5 Å². The topological polar surface area (TPSA) is 48.0 Å². The van der Waals surface area contributed by atoms with Gasteiger partial charge in [0.05, 0.1) is 7.11 Å². The van der Waals surface area contributed by atoms with Gasteiger partial charge in [-0.15, -0.1) is 0 Å². The lowest BCUT2D eigenvalue weighted by Crippen LogP contribution is -2.61. The minimum atomic E-state index is -0.541. The number of carbonyl (C=O) groups excluding carboxylic acids is 1. The van der Waals surface area contributed by atoms with E-state index >= 15 is 0 Å². The van der Waals surface area contributed by atoms with Gasteiger partial charge < -0.3 is 19.1 Å². The summed E-state index contributed by atoms with van der Waals surface area (Å²) < 4.78 is 16.6. The van der Waals surface area contributed by atoms with Crippen LogP contribution in [-0.4, -0.2) is 44.3 Å². The smallest absolute Gasteiger partial charge is 0.266 e. The number of β-lactam (4-membered cyclic amide) rings is 1. The van der Waals surface area contributed by atoms with Crippen molar-refractivity contribution < 1.29 is 19.0 Å². The Bertz CT molecular complexity index is 704. The summed E-state index contributed by atoms with van der Waals surface area (Å²) >= 11 is 0. The monoisotopic (exact) mass is 341 g/mol. The number of methoxy groups -OCH3 is 2. The van der Waals surface area contributed by atoms with E-state index < -0.39 is 6.10 Å². The van der Waals surface area contributed by atoms with E-state index in [1.807, 2.05) is 59.5 Å². The molecular formula is C20H23NO4. The molecule has 0 bridgehead atoms. The molecule has 0 unspecified atom stereocenters. The molecule has 1 heterocycles. The number of rotatable bonds is 8. The van der Waals surface area contributed by atoms with Gasteiger partial charge >= 0.3 is 0 Å². The number of hydrogen-bond donors (Lipinski definition) is 0. The quantitative estimate of drug-likeness (QED) is 0.547. The maximum absolute atomic E-state index is 12.7. The van der Waals surface area contributed by atoms with Crippen LogP contribution in [-0.2, 0) is 9.53 Å². The van der Waals surface area contributed by atoms with E-state index in [1.54, 1.807) is 14.2 Å².